The summed E-state index contributed by atoms with van der Waals surface area (Å²) in [5.41, 5.74) is 3.28. The molecule has 0 unspecified atom stereocenters. The third-order valence-electron chi connectivity index (χ3n) is 3.78. The van der Waals surface area contributed by atoms with Crippen molar-refractivity contribution < 1.29 is 4.52 Å². The minimum absolute atomic E-state index is 0.376. The molecule has 1 aliphatic rings. The van der Waals surface area contributed by atoms with Crippen molar-refractivity contribution in [3.05, 3.63) is 59.2 Å². The fraction of sp³-hybridized carbons (Fsp3) is 0.188. The maximum Gasteiger partial charge on any atom is 0.246 e. The SMILES string of the molecule is Clc1ncccc1-c1noc(CN2CCc3ccccc32)n1. The largest absolute Gasteiger partial charge is 0.362 e. The van der Waals surface area contributed by atoms with Crippen LogP contribution < -0.4 is 4.90 Å². The summed E-state index contributed by atoms with van der Waals surface area (Å²) in [7, 11) is 0. The lowest BCUT2D eigenvalue weighted by Gasteiger charge is -2.16. The molecule has 3 heterocycles. The van der Waals surface area contributed by atoms with Crippen molar-refractivity contribution in [1.29, 1.82) is 0 Å². The van der Waals surface area contributed by atoms with Gasteiger partial charge in [0.1, 0.15) is 5.15 Å². The number of benzene rings is 1. The summed E-state index contributed by atoms with van der Waals surface area (Å²) >= 11 is 6.06. The van der Waals surface area contributed by atoms with Gasteiger partial charge in [-0.05, 0) is 30.2 Å². The molecular weight excluding hydrogens is 300 g/mol. The molecule has 0 spiro atoms. The van der Waals surface area contributed by atoms with Gasteiger partial charge in [0, 0.05) is 18.4 Å². The van der Waals surface area contributed by atoms with Crippen molar-refractivity contribution >= 4 is 17.3 Å². The fourth-order valence-electron chi connectivity index (χ4n) is 2.72. The highest BCUT2D eigenvalue weighted by Crippen LogP contribution is 2.29. The summed E-state index contributed by atoms with van der Waals surface area (Å²) in [5.74, 6) is 1.05. The summed E-state index contributed by atoms with van der Waals surface area (Å²) in [5, 5.41) is 4.38. The van der Waals surface area contributed by atoms with Gasteiger partial charge in [-0.3, -0.25) is 0 Å². The molecule has 110 valence electrons. The molecule has 0 bridgehead atoms. The summed E-state index contributed by atoms with van der Waals surface area (Å²) < 4.78 is 5.36. The highest BCUT2D eigenvalue weighted by atomic mass is 35.5. The molecule has 4 rings (SSSR count). The number of aromatic nitrogens is 3. The van der Waals surface area contributed by atoms with E-state index in [0.717, 1.165) is 13.0 Å². The molecule has 0 saturated heterocycles. The first-order valence-electron chi connectivity index (χ1n) is 7.07. The maximum atomic E-state index is 6.06. The van der Waals surface area contributed by atoms with E-state index in [4.69, 9.17) is 16.1 Å². The molecule has 5 nitrogen and oxygen atoms in total. The Kier molecular flexibility index (Phi) is 3.27. The zero-order chi connectivity index (χ0) is 14.9. The van der Waals surface area contributed by atoms with Gasteiger partial charge in [0.05, 0.1) is 12.1 Å². The molecule has 6 heteroatoms. The van der Waals surface area contributed by atoms with E-state index in [-0.39, 0.29) is 0 Å². The minimum atomic E-state index is 0.376. The van der Waals surface area contributed by atoms with Gasteiger partial charge in [-0.1, -0.05) is 35.0 Å². The van der Waals surface area contributed by atoms with E-state index < -0.39 is 0 Å². The third kappa shape index (κ3) is 2.33. The van der Waals surface area contributed by atoms with Crippen LogP contribution in [0.15, 0.2) is 47.1 Å². The average Bonchev–Trinajstić information content (AvgIpc) is 3.16. The number of hydrogen-bond acceptors (Lipinski definition) is 5. The van der Waals surface area contributed by atoms with Gasteiger partial charge in [-0.15, -0.1) is 0 Å². The first kappa shape index (κ1) is 13.3. The summed E-state index contributed by atoms with van der Waals surface area (Å²) in [6, 6.07) is 12.0. The predicted molar refractivity (Wildman–Crippen MR) is 83.7 cm³/mol. The average molecular weight is 313 g/mol. The molecule has 0 N–H and O–H groups in total. The highest BCUT2D eigenvalue weighted by Gasteiger charge is 2.21. The molecule has 3 aromatic rings. The van der Waals surface area contributed by atoms with Gasteiger partial charge in [-0.2, -0.15) is 4.98 Å². The van der Waals surface area contributed by atoms with Crippen LogP contribution in [0.25, 0.3) is 11.4 Å². The Bertz CT molecular complexity index is 817. The maximum absolute atomic E-state index is 6.06. The van der Waals surface area contributed by atoms with Gasteiger partial charge in [-0.25, -0.2) is 4.98 Å². The van der Waals surface area contributed by atoms with Crippen LogP contribution in [0, 0.1) is 0 Å². The Balaban J connectivity index is 1.58. The van der Waals surface area contributed by atoms with Crippen molar-refractivity contribution in [2.24, 2.45) is 0 Å². The van der Waals surface area contributed by atoms with Crippen LogP contribution >= 0.6 is 11.6 Å². The summed E-state index contributed by atoms with van der Waals surface area (Å²) in [6.07, 6.45) is 2.68. The fourth-order valence-corrected chi connectivity index (χ4v) is 2.92. The molecule has 0 saturated carbocycles. The number of pyridine rings is 1. The first-order valence-corrected chi connectivity index (χ1v) is 7.45. The smallest absolute Gasteiger partial charge is 0.246 e. The van der Waals surface area contributed by atoms with Gasteiger partial charge in [0.25, 0.3) is 0 Å². The normalized spacial score (nSPS) is 13.4. The molecule has 22 heavy (non-hydrogen) atoms. The van der Waals surface area contributed by atoms with Crippen LogP contribution in [-0.2, 0) is 13.0 Å². The molecule has 0 atom stereocenters. The second-order valence-corrected chi connectivity index (χ2v) is 5.51. The van der Waals surface area contributed by atoms with E-state index in [2.05, 4.69) is 38.2 Å². The van der Waals surface area contributed by atoms with E-state index in [0.29, 0.717) is 29.0 Å². The highest BCUT2D eigenvalue weighted by molar-refractivity contribution is 6.31. The Morgan fingerprint density at radius 2 is 2.09 bits per heavy atom. The zero-order valence-corrected chi connectivity index (χ0v) is 12.5. The van der Waals surface area contributed by atoms with Gasteiger partial charge >= 0.3 is 0 Å². The Morgan fingerprint density at radius 1 is 1.18 bits per heavy atom. The lowest BCUT2D eigenvalue weighted by atomic mass is 10.2. The molecule has 1 aromatic carbocycles. The monoisotopic (exact) mass is 312 g/mol. The summed E-state index contributed by atoms with van der Waals surface area (Å²) in [6.45, 7) is 1.56. The van der Waals surface area contributed by atoms with Crippen molar-refractivity contribution in [3.8, 4) is 11.4 Å². The van der Waals surface area contributed by atoms with Crippen LogP contribution in [0.5, 0.6) is 0 Å². The quantitative estimate of drug-likeness (QED) is 0.694. The number of nitrogens with zero attached hydrogens (tertiary/aromatic N) is 4. The van der Waals surface area contributed by atoms with Gasteiger partial charge < -0.3 is 9.42 Å². The molecule has 0 amide bonds. The number of hydrogen-bond donors (Lipinski definition) is 0. The number of fused-ring (bicyclic) bond motifs is 1. The second-order valence-electron chi connectivity index (χ2n) is 5.15. The van der Waals surface area contributed by atoms with Crippen LogP contribution in [0.4, 0.5) is 5.69 Å². The van der Waals surface area contributed by atoms with Crippen LogP contribution in [0.3, 0.4) is 0 Å². The van der Waals surface area contributed by atoms with Crippen molar-refractivity contribution in [2.75, 3.05) is 11.4 Å². The van der Waals surface area contributed by atoms with Crippen LogP contribution in [0.1, 0.15) is 11.5 Å². The Labute approximate surface area is 132 Å². The topological polar surface area (TPSA) is 55.1 Å². The molecule has 0 aliphatic carbocycles. The Hall–Kier alpha value is -2.40. The zero-order valence-electron chi connectivity index (χ0n) is 11.7. The lowest BCUT2D eigenvalue weighted by molar-refractivity contribution is 0.377. The van der Waals surface area contributed by atoms with Gasteiger partial charge in [0.15, 0.2) is 0 Å². The molecule has 1 aliphatic heterocycles. The number of rotatable bonds is 3. The van der Waals surface area contributed by atoms with Gasteiger partial charge in [0.2, 0.25) is 11.7 Å². The first-order chi connectivity index (χ1) is 10.8. The van der Waals surface area contributed by atoms with Crippen LogP contribution in [0.2, 0.25) is 5.15 Å². The van der Waals surface area contributed by atoms with E-state index in [9.17, 15) is 0 Å². The number of halogens is 1. The van der Waals surface area contributed by atoms with E-state index in [1.165, 1.54) is 11.3 Å². The molecule has 2 aromatic heterocycles. The standard InChI is InChI=1S/C16H13ClN4O/c17-15-12(5-3-8-18-15)16-19-14(22-20-16)10-21-9-7-11-4-1-2-6-13(11)21/h1-6,8H,7,9-10H2. The third-order valence-corrected chi connectivity index (χ3v) is 4.08. The van der Waals surface area contributed by atoms with Crippen molar-refractivity contribution in [1.82, 2.24) is 15.1 Å². The minimum Gasteiger partial charge on any atom is -0.362 e. The predicted octanol–water partition coefficient (Wildman–Crippen LogP) is 3.35. The molecule has 0 radical (unpaired) electrons. The number of anilines is 1. The second kappa shape index (κ2) is 5.42. The van der Waals surface area contributed by atoms with E-state index >= 15 is 0 Å². The van der Waals surface area contributed by atoms with Crippen molar-refractivity contribution in [3.63, 3.8) is 0 Å². The van der Waals surface area contributed by atoms with Crippen molar-refractivity contribution in [2.45, 2.75) is 13.0 Å². The summed E-state index contributed by atoms with van der Waals surface area (Å²) in [4.78, 5) is 10.7. The lowest BCUT2D eigenvalue weighted by Crippen LogP contribution is -2.19. The Morgan fingerprint density at radius 3 is 3.00 bits per heavy atom. The van der Waals surface area contributed by atoms with Crippen LogP contribution in [-0.4, -0.2) is 21.7 Å². The molecule has 0 fully saturated rings. The number of para-hydroxylation sites is 1. The van der Waals surface area contributed by atoms with E-state index in [1.807, 2.05) is 12.1 Å². The van der Waals surface area contributed by atoms with E-state index in [1.54, 1.807) is 12.3 Å². The molecular formula is C16H13ClN4O.